The van der Waals surface area contributed by atoms with Crippen LogP contribution in [-0.2, 0) is 14.7 Å². The molecule has 2 saturated heterocycles. The quantitative estimate of drug-likeness (QED) is 0.542. The van der Waals surface area contributed by atoms with Gasteiger partial charge in [-0.1, -0.05) is 78.9 Å². The summed E-state index contributed by atoms with van der Waals surface area (Å²) in [6.45, 7) is 0.705. The Hall–Kier alpha value is -2.39. The first-order chi connectivity index (χ1) is 13.7. The lowest BCUT2D eigenvalue weighted by Gasteiger charge is -2.33. The highest BCUT2D eigenvalue weighted by atomic mass is 31.2. The van der Waals surface area contributed by atoms with E-state index in [-0.39, 0.29) is 6.04 Å². The van der Waals surface area contributed by atoms with Crippen LogP contribution in [0.3, 0.4) is 0 Å². The molecule has 0 radical (unpaired) electrons. The maximum absolute atomic E-state index is 14.0. The van der Waals surface area contributed by atoms with Gasteiger partial charge in [0.15, 0.2) is 0 Å². The van der Waals surface area contributed by atoms with Gasteiger partial charge in [-0.25, -0.2) is 4.57 Å². The first kappa shape index (κ1) is 17.7. The summed E-state index contributed by atoms with van der Waals surface area (Å²) in [5.41, 5.74) is 1.20. The van der Waals surface area contributed by atoms with E-state index in [2.05, 4.69) is 24.3 Å². The van der Waals surface area contributed by atoms with E-state index in [0.29, 0.717) is 12.3 Å². The van der Waals surface area contributed by atoms with Gasteiger partial charge in [-0.05, 0) is 36.1 Å². The lowest BCUT2D eigenvalue weighted by molar-refractivity contribution is 0.0995. The minimum Gasteiger partial charge on any atom is -0.413 e. The second-order valence-corrected chi connectivity index (χ2v) is 9.07. The summed E-state index contributed by atoms with van der Waals surface area (Å²) in [4.78, 5) is 0. The molecule has 0 amide bonds. The molecule has 2 atom stereocenters. The van der Waals surface area contributed by atoms with Crippen molar-refractivity contribution in [3.63, 3.8) is 0 Å². The number of rotatable bonds is 4. The van der Waals surface area contributed by atoms with Gasteiger partial charge >= 0.3 is 7.75 Å². The monoisotopic (exact) mass is 391 g/mol. The van der Waals surface area contributed by atoms with Crippen LogP contribution in [-0.4, -0.2) is 17.3 Å². The minimum atomic E-state index is -3.51. The Labute approximate surface area is 165 Å². The molecule has 142 valence electrons. The van der Waals surface area contributed by atoms with Gasteiger partial charge in [0.05, 0.1) is 6.04 Å². The molecular weight excluding hydrogens is 369 g/mol. The highest BCUT2D eigenvalue weighted by Crippen LogP contribution is 2.69. The van der Waals surface area contributed by atoms with Gasteiger partial charge in [-0.3, -0.25) is 4.52 Å². The summed E-state index contributed by atoms with van der Waals surface area (Å²) in [6, 6.07) is 29.5. The SMILES string of the molecule is O=P1(Oc2ccccc2)OC(c2ccccc2)(c2ccccc2)[C@@H]2CCCN21. The molecule has 4 nitrogen and oxygen atoms in total. The summed E-state index contributed by atoms with van der Waals surface area (Å²) in [5.74, 6) is 0.563. The van der Waals surface area contributed by atoms with Crippen LogP contribution in [0.15, 0.2) is 91.0 Å². The van der Waals surface area contributed by atoms with Gasteiger partial charge in [0.2, 0.25) is 0 Å². The Kier molecular flexibility index (Phi) is 4.36. The molecule has 0 aromatic heterocycles. The number of para-hydroxylation sites is 1. The highest BCUT2D eigenvalue weighted by Gasteiger charge is 2.64. The summed E-state index contributed by atoms with van der Waals surface area (Å²) >= 11 is 0. The number of benzene rings is 3. The third-order valence-electron chi connectivity index (χ3n) is 5.64. The Morgan fingerprint density at radius 1 is 0.857 bits per heavy atom. The molecule has 5 heteroatoms. The standard InChI is InChI=1S/C23H22NO3P/c25-28(26-21-15-8-3-9-16-21)24-18-10-17-22(24)23(27-28,19-11-4-1-5-12-19)20-13-6-2-7-14-20/h1-9,11-16,22H,10,17-18H2/t22-,28?/m0/s1. The molecule has 3 aromatic carbocycles. The molecule has 2 aliphatic rings. The number of hydrogen-bond acceptors (Lipinski definition) is 3. The molecule has 0 spiro atoms. The molecular formula is C23H22NO3P. The number of fused-ring (bicyclic) bond motifs is 1. The van der Waals surface area contributed by atoms with Crippen LogP contribution in [0.1, 0.15) is 24.0 Å². The zero-order valence-electron chi connectivity index (χ0n) is 15.5. The van der Waals surface area contributed by atoms with Crippen LogP contribution in [0, 0.1) is 0 Å². The number of nitrogens with zero attached hydrogens (tertiary/aromatic N) is 1. The van der Waals surface area contributed by atoms with E-state index in [4.69, 9.17) is 9.05 Å². The lowest BCUT2D eigenvalue weighted by atomic mass is 9.79. The van der Waals surface area contributed by atoms with Crippen LogP contribution in [0.5, 0.6) is 5.75 Å². The molecule has 1 unspecified atom stereocenters. The van der Waals surface area contributed by atoms with Crippen molar-refractivity contribution in [3.05, 3.63) is 102 Å². The fourth-order valence-corrected chi connectivity index (χ4v) is 6.80. The molecule has 5 rings (SSSR count). The van der Waals surface area contributed by atoms with Crippen LogP contribution >= 0.6 is 7.75 Å². The normalized spacial score (nSPS) is 26.1. The largest absolute Gasteiger partial charge is 0.463 e. The first-order valence-corrected chi connectivity index (χ1v) is 11.2. The van der Waals surface area contributed by atoms with Crippen molar-refractivity contribution in [2.45, 2.75) is 24.5 Å². The van der Waals surface area contributed by atoms with Gasteiger partial charge < -0.3 is 4.52 Å². The lowest BCUT2D eigenvalue weighted by Crippen LogP contribution is -2.40. The van der Waals surface area contributed by atoms with Gasteiger partial charge in [0.25, 0.3) is 0 Å². The molecule has 0 aliphatic carbocycles. The summed E-state index contributed by atoms with van der Waals surface area (Å²) in [6.07, 6.45) is 1.88. The average Bonchev–Trinajstić information content (AvgIpc) is 3.33. The third-order valence-corrected chi connectivity index (χ3v) is 7.71. The molecule has 3 aromatic rings. The molecule has 0 saturated carbocycles. The molecule has 2 heterocycles. The van der Waals surface area contributed by atoms with Gasteiger partial charge in [0, 0.05) is 6.54 Å². The van der Waals surface area contributed by atoms with E-state index >= 15 is 0 Å². The maximum atomic E-state index is 14.0. The van der Waals surface area contributed by atoms with Crippen molar-refractivity contribution in [3.8, 4) is 5.75 Å². The molecule has 28 heavy (non-hydrogen) atoms. The van der Waals surface area contributed by atoms with Crippen LogP contribution < -0.4 is 4.52 Å². The zero-order valence-corrected chi connectivity index (χ0v) is 16.4. The van der Waals surface area contributed by atoms with E-state index in [9.17, 15) is 4.57 Å². The minimum absolute atomic E-state index is 0.0353. The van der Waals surface area contributed by atoms with E-state index in [1.54, 1.807) is 0 Å². The highest BCUT2D eigenvalue weighted by molar-refractivity contribution is 7.52. The summed E-state index contributed by atoms with van der Waals surface area (Å²) in [7, 11) is -3.51. The Bertz CT molecular complexity index is 955. The Morgan fingerprint density at radius 2 is 1.39 bits per heavy atom. The average molecular weight is 391 g/mol. The predicted octanol–water partition coefficient (Wildman–Crippen LogP) is 5.61. The van der Waals surface area contributed by atoms with Crippen LogP contribution in [0.4, 0.5) is 0 Å². The van der Waals surface area contributed by atoms with Crippen molar-refractivity contribution in [2.24, 2.45) is 0 Å². The summed E-state index contributed by atoms with van der Waals surface area (Å²) in [5, 5.41) is 0. The molecule has 0 N–H and O–H groups in total. The molecule has 0 bridgehead atoms. The van der Waals surface area contributed by atoms with Gasteiger partial charge in [0.1, 0.15) is 11.4 Å². The van der Waals surface area contributed by atoms with Crippen molar-refractivity contribution >= 4 is 7.75 Å². The second-order valence-electron chi connectivity index (χ2n) is 7.25. The van der Waals surface area contributed by atoms with Crippen LogP contribution in [0.2, 0.25) is 0 Å². The van der Waals surface area contributed by atoms with Crippen molar-refractivity contribution in [1.29, 1.82) is 0 Å². The van der Waals surface area contributed by atoms with E-state index in [1.807, 2.05) is 71.4 Å². The molecule has 2 aliphatic heterocycles. The van der Waals surface area contributed by atoms with Crippen molar-refractivity contribution < 1.29 is 13.6 Å². The van der Waals surface area contributed by atoms with E-state index < -0.39 is 13.3 Å². The fraction of sp³-hybridized carbons (Fsp3) is 0.217. The van der Waals surface area contributed by atoms with Gasteiger partial charge in [-0.2, -0.15) is 4.67 Å². The van der Waals surface area contributed by atoms with Crippen molar-refractivity contribution in [2.75, 3.05) is 6.54 Å². The Morgan fingerprint density at radius 3 is 1.96 bits per heavy atom. The number of hydrogen-bond donors (Lipinski definition) is 0. The zero-order chi connectivity index (χ0) is 19.0. The summed E-state index contributed by atoms with van der Waals surface area (Å²) < 4.78 is 28.6. The van der Waals surface area contributed by atoms with Gasteiger partial charge in [-0.15, -0.1) is 0 Å². The first-order valence-electron chi connectivity index (χ1n) is 9.66. The third kappa shape index (κ3) is 2.72. The van der Waals surface area contributed by atoms with E-state index in [1.165, 1.54) is 0 Å². The van der Waals surface area contributed by atoms with E-state index in [0.717, 1.165) is 24.0 Å². The Balaban J connectivity index is 1.67. The predicted molar refractivity (Wildman–Crippen MR) is 109 cm³/mol. The second kappa shape index (κ2) is 6.89. The topological polar surface area (TPSA) is 38.8 Å². The smallest absolute Gasteiger partial charge is 0.413 e. The van der Waals surface area contributed by atoms with Crippen LogP contribution in [0.25, 0.3) is 0 Å². The fourth-order valence-electron chi connectivity index (χ4n) is 4.47. The maximum Gasteiger partial charge on any atom is 0.463 e. The van der Waals surface area contributed by atoms with Crippen molar-refractivity contribution in [1.82, 2.24) is 4.67 Å². The molecule has 2 fully saturated rings.